The molecule has 0 aliphatic rings. The van der Waals surface area contributed by atoms with Crippen LogP contribution in [0.3, 0.4) is 0 Å². The molecule has 2 rings (SSSR count). The molecule has 1 N–H and O–H groups in total. The minimum Gasteiger partial charge on any atom is -0.494 e. The van der Waals surface area contributed by atoms with E-state index in [0.29, 0.717) is 6.61 Å². The molecule has 0 fully saturated rings. The lowest BCUT2D eigenvalue weighted by atomic mass is 10.0. The lowest BCUT2D eigenvalue weighted by Crippen LogP contribution is -2.21. The first-order chi connectivity index (χ1) is 9.65. The summed E-state index contributed by atoms with van der Waals surface area (Å²) in [5, 5.41) is 5.77. The molecule has 0 radical (unpaired) electrons. The summed E-state index contributed by atoms with van der Waals surface area (Å²) in [5.41, 5.74) is 2.55. The fourth-order valence-electron chi connectivity index (χ4n) is 2.08. The Hall–Kier alpha value is -0.110. The van der Waals surface area contributed by atoms with Crippen LogP contribution in [-0.2, 0) is 0 Å². The Balaban J connectivity index is 2.34. The fraction of sp³-hybridized carbons (Fsp3) is 0.333. The van der Waals surface area contributed by atoms with Crippen LogP contribution in [0.2, 0.25) is 0 Å². The van der Waals surface area contributed by atoms with Crippen LogP contribution < -0.4 is 10.1 Å². The highest BCUT2D eigenvalue weighted by atomic mass is 127. The molecule has 2 aromatic rings. The molecule has 1 unspecified atom stereocenters. The maximum absolute atomic E-state index is 5.54. The number of benzene rings is 1. The highest BCUT2D eigenvalue weighted by molar-refractivity contribution is 14.1. The molecule has 1 heterocycles. The number of rotatable bonds is 6. The number of hydrogen-bond acceptors (Lipinski definition) is 3. The van der Waals surface area contributed by atoms with E-state index in [1.807, 2.05) is 19.1 Å². The molecule has 1 aromatic carbocycles. The van der Waals surface area contributed by atoms with E-state index in [4.69, 9.17) is 4.74 Å². The summed E-state index contributed by atoms with van der Waals surface area (Å²) in [6.45, 7) is 5.74. The zero-order chi connectivity index (χ0) is 14.5. The van der Waals surface area contributed by atoms with Crippen molar-refractivity contribution in [3.63, 3.8) is 0 Å². The van der Waals surface area contributed by atoms with Crippen molar-refractivity contribution in [2.24, 2.45) is 0 Å². The van der Waals surface area contributed by atoms with E-state index in [1.165, 1.54) is 14.0 Å². The lowest BCUT2D eigenvalue weighted by Gasteiger charge is -2.19. The smallest absolute Gasteiger partial charge is 0.120 e. The highest BCUT2D eigenvalue weighted by Gasteiger charge is 2.17. The maximum atomic E-state index is 5.54. The van der Waals surface area contributed by atoms with Crippen LogP contribution in [0.4, 0.5) is 0 Å². The minimum absolute atomic E-state index is 0.213. The molecule has 0 saturated carbocycles. The average Bonchev–Trinajstić information content (AvgIpc) is 2.84. The summed E-state index contributed by atoms with van der Waals surface area (Å²) < 4.78 is 7.93. The van der Waals surface area contributed by atoms with Gasteiger partial charge in [0, 0.05) is 4.47 Å². The number of nitrogens with one attached hydrogen (secondary N) is 1. The van der Waals surface area contributed by atoms with Gasteiger partial charge >= 0.3 is 0 Å². The predicted octanol–water partition coefficient (Wildman–Crippen LogP) is 5.21. The molecule has 5 heteroatoms. The molecule has 1 atom stereocenters. The van der Waals surface area contributed by atoms with Gasteiger partial charge in [-0.2, -0.15) is 0 Å². The number of halogens is 2. The number of ether oxygens (including phenoxy) is 1. The van der Waals surface area contributed by atoms with Crippen molar-refractivity contribution >= 4 is 49.9 Å². The van der Waals surface area contributed by atoms with Crippen molar-refractivity contribution in [2.45, 2.75) is 19.9 Å². The zero-order valence-corrected chi connectivity index (χ0v) is 16.0. The quantitative estimate of drug-likeness (QED) is 0.591. The molecule has 1 aromatic heterocycles. The van der Waals surface area contributed by atoms with Crippen LogP contribution in [0, 0.1) is 2.88 Å². The van der Waals surface area contributed by atoms with Gasteiger partial charge in [0.25, 0.3) is 0 Å². The summed E-state index contributed by atoms with van der Waals surface area (Å²) >= 11 is 7.82. The van der Waals surface area contributed by atoms with Crippen LogP contribution in [0.5, 0.6) is 5.75 Å². The minimum atomic E-state index is 0.213. The van der Waals surface area contributed by atoms with Crippen molar-refractivity contribution < 1.29 is 4.74 Å². The summed E-state index contributed by atoms with van der Waals surface area (Å²) in [5.74, 6) is 0.901. The first-order valence-corrected chi connectivity index (χ1v) is 9.30. The predicted molar refractivity (Wildman–Crippen MR) is 97.9 cm³/mol. The van der Waals surface area contributed by atoms with Gasteiger partial charge in [0.15, 0.2) is 0 Å². The first kappa shape index (κ1) is 16.3. The second kappa shape index (κ2) is 7.77. The summed E-state index contributed by atoms with van der Waals surface area (Å²) in [6, 6.07) is 8.66. The topological polar surface area (TPSA) is 21.3 Å². The normalized spacial score (nSPS) is 12.4. The van der Waals surface area contributed by atoms with Crippen LogP contribution >= 0.6 is 49.9 Å². The Kier molecular flexibility index (Phi) is 6.32. The molecule has 2 nitrogen and oxygen atoms in total. The van der Waals surface area contributed by atoms with Gasteiger partial charge in [0.2, 0.25) is 0 Å². The maximum Gasteiger partial charge on any atom is 0.120 e. The van der Waals surface area contributed by atoms with Gasteiger partial charge < -0.3 is 10.1 Å². The van der Waals surface area contributed by atoms with Gasteiger partial charge in [-0.25, -0.2) is 0 Å². The molecular formula is C15H17BrINOS. The Morgan fingerprint density at radius 1 is 1.35 bits per heavy atom. The van der Waals surface area contributed by atoms with Gasteiger partial charge in [-0.1, -0.05) is 28.9 Å². The van der Waals surface area contributed by atoms with Crippen LogP contribution in [0.1, 0.15) is 31.0 Å². The Morgan fingerprint density at radius 2 is 2.15 bits per heavy atom. The van der Waals surface area contributed by atoms with E-state index < -0.39 is 0 Å². The van der Waals surface area contributed by atoms with Gasteiger partial charge in [0.05, 0.1) is 15.5 Å². The molecule has 0 saturated heterocycles. The number of thiophene rings is 1. The van der Waals surface area contributed by atoms with Crippen LogP contribution in [-0.4, -0.2) is 13.2 Å². The van der Waals surface area contributed by atoms with Crippen LogP contribution in [0.25, 0.3) is 0 Å². The van der Waals surface area contributed by atoms with Crippen molar-refractivity contribution in [1.82, 2.24) is 5.32 Å². The van der Waals surface area contributed by atoms with Crippen molar-refractivity contribution in [3.8, 4) is 5.75 Å². The molecule has 108 valence electrons. The molecule has 0 bridgehead atoms. The fourth-order valence-corrected chi connectivity index (χ4v) is 4.07. The summed E-state index contributed by atoms with van der Waals surface area (Å²) in [4.78, 5) is 0. The third-order valence-electron chi connectivity index (χ3n) is 2.92. The molecular weight excluding hydrogens is 449 g/mol. The largest absolute Gasteiger partial charge is 0.494 e. The van der Waals surface area contributed by atoms with Crippen molar-refractivity contribution in [3.05, 3.63) is 48.1 Å². The third-order valence-corrected chi connectivity index (χ3v) is 5.42. The molecule has 0 aliphatic carbocycles. The van der Waals surface area contributed by atoms with E-state index in [-0.39, 0.29) is 6.04 Å². The standard InChI is InChI=1S/C15H17BrINOS/c1-3-18-15(10-7-14(17)20-9-10)12-6-5-11(19-4-2)8-13(12)16/h5-9,15,18H,3-4H2,1-2H3. The summed E-state index contributed by atoms with van der Waals surface area (Å²) in [7, 11) is 0. The SMILES string of the molecule is CCNC(c1csc(I)c1)c1ccc(OCC)cc1Br. The van der Waals surface area contributed by atoms with Gasteiger partial charge in [0.1, 0.15) is 5.75 Å². The van der Waals surface area contributed by atoms with E-state index in [2.05, 4.69) is 68.3 Å². The molecule has 20 heavy (non-hydrogen) atoms. The average molecular weight is 466 g/mol. The monoisotopic (exact) mass is 465 g/mol. The van der Waals surface area contributed by atoms with E-state index in [1.54, 1.807) is 11.3 Å². The highest BCUT2D eigenvalue weighted by Crippen LogP contribution is 2.33. The van der Waals surface area contributed by atoms with Gasteiger partial charge in [-0.3, -0.25) is 0 Å². The Bertz CT molecular complexity index is 573. The second-order valence-electron chi connectivity index (χ2n) is 4.29. The van der Waals surface area contributed by atoms with Crippen LogP contribution in [0.15, 0.2) is 34.1 Å². The zero-order valence-electron chi connectivity index (χ0n) is 11.5. The van der Waals surface area contributed by atoms with E-state index >= 15 is 0 Å². The summed E-state index contributed by atoms with van der Waals surface area (Å²) in [6.07, 6.45) is 0. The van der Waals surface area contributed by atoms with E-state index in [0.717, 1.165) is 16.8 Å². The van der Waals surface area contributed by atoms with Gasteiger partial charge in [-0.15, -0.1) is 11.3 Å². The first-order valence-electron chi connectivity index (χ1n) is 6.55. The Morgan fingerprint density at radius 3 is 2.70 bits per heavy atom. The van der Waals surface area contributed by atoms with E-state index in [9.17, 15) is 0 Å². The van der Waals surface area contributed by atoms with Crippen molar-refractivity contribution in [2.75, 3.05) is 13.2 Å². The van der Waals surface area contributed by atoms with Gasteiger partial charge in [-0.05, 0) is 70.8 Å². The Labute approximate surface area is 146 Å². The third kappa shape index (κ3) is 3.96. The van der Waals surface area contributed by atoms with Crippen molar-refractivity contribution in [1.29, 1.82) is 0 Å². The lowest BCUT2D eigenvalue weighted by molar-refractivity contribution is 0.340. The number of hydrogen-bond donors (Lipinski definition) is 1. The molecule has 0 amide bonds. The molecule has 0 spiro atoms. The molecule has 0 aliphatic heterocycles. The second-order valence-corrected chi connectivity index (χ2v) is 7.95.